The summed E-state index contributed by atoms with van der Waals surface area (Å²) in [7, 11) is 0. The van der Waals surface area contributed by atoms with Crippen molar-refractivity contribution in [3.8, 4) is 0 Å². The van der Waals surface area contributed by atoms with Gasteiger partial charge in [-0.05, 0) is 90.8 Å². The summed E-state index contributed by atoms with van der Waals surface area (Å²) in [5, 5.41) is 0. The van der Waals surface area contributed by atoms with Gasteiger partial charge >= 0.3 is 0 Å². The lowest BCUT2D eigenvalue weighted by Crippen LogP contribution is -2.56. The summed E-state index contributed by atoms with van der Waals surface area (Å²) in [6.07, 6.45) is 16.2. The minimum atomic E-state index is 0.554. The molecule has 0 aromatic rings. The summed E-state index contributed by atoms with van der Waals surface area (Å²) in [6, 6.07) is 0. The van der Waals surface area contributed by atoms with Crippen LogP contribution in [0, 0.1) is 45.8 Å². The molecule has 25 heavy (non-hydrogen) atoms. The van der Waals surface area contributed by atoms with Gasteiger partial charge in [-0.25, -0.2) is 0 Å². The molecule has 0 nitrogen and oxygen atoms in total. The molecule has 142 valence electrons. The van der Waals surface area contributed by atoms with E-state index in [4.69, 9.17) is 0 Å². The number of hydrogen-bond acceptors (Lipinski definition) is 0. The smallest absolute Gasteiger partial charge is 0.00814 e. The molecule has 0 heteroatoms. The summed E-state index contributed by atoms with van der Waals surface area (Å²) >= 11 is 0. The van der Waals surface area contributed by atoms with Crippen molar-refractivity contribution >= 4 is 0 Å². The second kappa shape index (κ2) is 5.87. The van der Waals surface area contributed by atoms with Crippen LogP contribution in [0.15, 0.2) is 11.6 Å². The molecule has 5 rings (SSSR count). The molecule has 0 aliphatic heterocycles. The summed E-state index contributed by atoms with van der Waals surface area (Å²) in [4.78, 5) is 0. The monoisotopic (exact) mass is 342 g/mol. The second-order valence-electron chi connectivity index (χ2n) is 11.6. The van der Waals surface area contributed by atoms with Crippen LogP contribution in [0.4, 0.5) is 0 Å². The maximum atomic E-state index is 2.90. The first-order valence-electron chi connectivity index (χ1n) is 11.5. The lowest BCUT2D eigenvalue weighted by molar-refractivity contribution is -0.127. The summed E-state index contributed by atoms with van der Waals surface area (Å²) in [5.74, 6) is 4.52. The Balaban J connectivity index is 1.79. The normalized spacial score (nSPS) is 48.5. The fourth-order valence-corrected chi connectivity index (χ4v) is 8.63. The van der Waals surface area contributed by atoms with E-state index in [1.54, 1.807) is 0 Å². The summed E-state index contributed by atoms with van der Waals surface area (Å²) in [6.45, 7) is 15.3. The van der Waals surface area contributed by atoms with Crippen molar-refractivity contribution in [3.63, 3.8) is 0 Å². The molecule has 5 aliphatic carbocycles. The first-order chi connectivity index (χ1) is 11.7. The van der Waals surface area contributed by atoms with E-state index in [0.717, 1.165) is 29.6 Å². The van der Waals surface area contributed by atoms with Crippen molar-refractivity contribution in [3.05, 3.63) is 11.6 Å². The van der Waals surface area contributed by atoms with Crippen LogP contribution in [-0.2, 0) is 0 Å². The van der Waals surface area contributed by atoms with Gasteiger partial charge in [0.1, 0.15) is 0 Å². The maximum absolute atomic E-state index is 2.90. The molecule has 1 spiro atoms. The molecular formula is C25H42. The van der Waals surface area contributed by atoms with E-state index in [-0.39, 0.29) is 0 Å². The van der Waals surface area contributed by atoms with E-state index in [1.165, 1.54) is 57.8 Å². The van der Waals surface area contributed by atoms with Gasteiger partial charge in [-0.3, -0.25) is 0 Å². The van der Waals surface area contributed by atoms with Crippen molar-refractivity contribution in [2.45, 2.75) is 99.3 Å². The van der Waals surface area contributed by atoms with Crippen LogP contribution in [-0.4, -0.2) is 0 Å². The number of allylic oxidation sites excluding steroid dienone is 2. The highest BCUT2D eigenvalue weighted by molar-refractivity contribution is 5.27. The Bertz CT molecular complexity index is 552. The van der Waals surface area contributed by atoms with Gasteiger partial charge in [0.05, 0.1) is 0 Å². The van der Waals surface area contributed by atoms with Crippen molar-refractivity contribution in [2.75, 3.05) is 0 Å². The fraction of sp³-hybridized carbons (Fsp3) is 0.920. The van der Waals surface area contributed by atoms with Crippen molar-refractivity contribution in [1.82, 2.24) is 0 Å². The van der Waals surface area contributed by atoms with E-state index in [0.29, 0.717) is 16.2 Å². The Kier molecular flexibility index (Phi) is 4.25. The Labute approximate surface area is 157 Å². The van der Waals surface area contributed by atoms with E-state index in [1.807, 2.05) is 5.57 Å². The Morgan fingerprint density at radius 3 is 2.40 bits per heavy atom. The molecule has 0 aromatic carbocycles. The van der Waals surface area contributed by atoms with E-state index >= 15 is 0 Å². The minimum Gasteiger partial charge on any atom is -0.0783 e. The third-order valence-electron chi connectivity index (χ3n) is 9.78. The highest BCUT2D eigenvalue weighted by Crippen LogP contribution is 2.70. The molecular weight excluding hydrogens is 300 g/mol. The SMILES string of the molecule is CCC1CCC23C=C(C(C)C)C1CC2C1(C)CCCC(C)(C)C1CC3. The molecule has 0 saturated heterocycles. The summed E-state index contributed by atoms with van der Waals surface area (Å²) in [5.41, 5.74) is 3.57. The first-order valence-corrected chi connectivity index (χ1v) is 11.5. The average molecular weight is 343 g/mol. The second-order valence-corrected chi connectivity index (χ2v) is 11.6. The number of hydrogen-bond donors (Lipinski definition) is 0. The van der Waals surface area contributed by atoms with Crippen molar-refractivity contribution < 1.29 is 0 Å². The third-order valence-corrected chi connectivity index (χ3v) is 9.78. The summed E-state index contributed by atoms with van der Waals surface area (Å²) < 4.78 is 0. The molecule has 6 atom stereocenters. The van der Waals surface area contributed by atoms with E-state index in [9.17, 15) is 0 Å². The van der Waals surface area contributed by atoms with Crippen LogP contribution < -0.4 is 0 Å². The number of fused-ring (bicyclic) bond motifs is 3. The quantitative estimate of drug-likeness (QED) is 0.452. The fourth-order valence-electron chi connectivity index (χ4n) is 8.63. The standard InChI is InChI=1S/C25H42/c1-7-18-9-13-25-14-10-21-23(4,5)11-8-12-24(21,6)22(25)15-19(18)20(16-25)17(2)3/h16-19,21-22H,7-15H2,1-6H3. The Morgan fingerprint density at radius 1 is 1.00 bits per heavy atom. The molecule has 2 bridgehead atoms. The van der Waals surface area contributed by atoms with Gasteiger partial charge in [-0.1, -0.05) is 66.0 Å². The van der Waals surface area contributed by atoms with Gasteiger partial charge < -0.3 is 0 Å². The first kappa shape index (κ1) is 18.1. The zero-order chi connectivity index (χ0) is 18.0. The highest BCUT2D eigenvalue weighted by Gasteiger charge is 2.61. The highest BCUT2D eigenvalue weighted by atomic mass is 14.7. The molecule has 0 heterocycles. The number of rotatable bonds is 2. The van der Waals surface area contributed by atoms with Crippen LogP contribution >= 0.6 is 0 Å². The largest absolute Gasteiger partial charge is 0.0783 e. The molecule has 3 saturated carbocycles. The lowest BCUT2D eigenvalue weighted by atomic mass is 9.40. The molecule has 0 amide bonds. The van der Waals surface area contributed by atoms with Gasteiger partial charge in [-0.15, -0.1) is 0 Å². The van der Waals surface area contributed by atoms with Crippen LogP contribution in [0.3, 0.4) is 0 Å². The van der Waals surface area contributed by atoms with Gasteiger partial charge in [0.15, 0.2) is 0 Å². The van der Waals surface area contributed by atoms with Gasteiger partial charge in [-0.2, -0.15) is 0 Å². The third kappa shape index (κ3) is 2.52. The molecule has 3 fully saturated rings. The molecule has 0 aromatic heterocycles. The Hall–Kier alpha value is -0.260. The predicted molar refractivity (Wildman–Crippen MR) is 108 cm³/mol. The van der Waals surface area contributed by atoms with Gasteiger partial charge in [0, 0.05) is 0 Å². The predicted octanol–water partition coefficient (Wildman–Crippen LogP) is 7.64. The zero-order valence-corrected chi connectivity index (χ0v) is 17.8. The van der Waals surface area contributed by atoms with E-state index < -0.39 is 0 Å². The molecule has 0 radical (unpaired) electrons. The molecule has 0 N–H and O–H groups in total. The van der Waals surface area contributed by atoms with Crippen molar-refractivity contribution in [2.24, 2.45) is 45.8 Å². The van der Waals surface area contributed by atoms with Gasteiger partial charge in [0.25, 0.3) is 0 Å². The average Bonchev–Trinajstić information content (AvgIpc) is 2.80. The topological polar surface area (TPSA) is 0 Å². The molecule has 5 aliphatic rings. The van der Waals surface area contributed by atoms with Crippen LogP contribution in [0.25, 0.3) is 0 Å². The van der Waals surface area contributed by atoms with Gasteiger partial charge in [0.2, 0.25) is 0 Å². The molecule has 6 unspecified atom stereocenters. The zero-order valence-electron chi connectivity index (χ0n) is 17.8. The van der Waals surface area contributed by atoms with Crippen LogP contribution in [0.2, 0.25) is 0 Å². The van der Waals surface area contributed by atoms with Crippen LogP contribution in [0.5, 0.6) is 0 Å². The van der Waals surface area contributed by atoms with Crippen LogP contribution in [0.1, 0.15) is 99.3 Å². The van der Waals surface area contributed by atoms with E-state index in [2.05, 4.69) is 47.6 Å². The minimum absolute atomic E-state index is 0.554. The Morgan fingerprint density at radius 2 is 1.72 bits per heavy atom. The van der Waals surface area contributed by atoms with Crippen molar-refractivity contribution in [1.29, 1.82) is 0 Å². The lowest BCUT2D eigenvalue weighted by Gasteiger charge is -2.64. The maximum Gasteiger partial charge on any atom is -0.00814 e.